The molecule has 1 aliphatic rings. The summed E-state index contributed by atoms with van der Waals surface area (Å²) in [5.74, 6) is -0.193. The molecule has 2 rings (SSSR count). The van der Waals surface area contributed by atoms with Crippen LogP contribution in [0, 0.1) is 0 Å². The number of aliphatic hydroxyl groups excluding tert-OH is 1. The summed E-state index contributed by atoms with van der Waals surface area (Å²) in [4.78, 5) is 14.1. The summed E-state index contributed by atoms with van der Waals surface area (Å²) in [5, 5.41) is 10.0. The second-order valence-corrected chi connectivity index (χ2v) is 5.43. The summed E-state index contributed by atoms with van der Waals surface area (Å²) in [7, 11) is 0. The highest BCUT2D eigenvalue weighted by atomic mass is 35.5. The van der Waals surface area contributed by atoms with Crippen LogP contribution in [0.25, 0.3) is 0 Å². The average molecular weight is 304 g/mol. The number of nitrogens with zero attached hydrogens (tertiary/aromatic N) is 1. The molecule has 1 fully saturated rings. The number of morpholine rings is 1. The molecule has 0 aliphatic carbocycles. The van der Waals surface area contributed by atoms with E-state index in [0.717, 1.165) is 0 Å². The lowest BCUT2D eigenvalue weighted by molar-refractivity contribution is -0.0858. The zero-order valence-corrected chi connectivity index (χ0v) is 12.0. The molecule has 1 saturated heterocycles. The minimum absolute atomic E-state index is 0.114. The van der Waals surface area contributed by atoms with Crippen LogP contribution in [0.1, 0.15) is 17.3 Å². The van der Waals surface area contributed by atoms with Crippen LogP contribution < -0.4 is 0 Å². The molecule has 0 saturated carbocycles. The molecule has 2 unspecified atom stereocenters. The van der Waals surface area contributed by atoms with Crippen LogP contribution in [0.3, 0.4) is 0 Å². The Kier molecular flexibility index (Phi) is 4.68. The largest absolute Gasteiger partial charge is 0.394 e. The Bertz CT molecular complexity index is 481. The number of amides is 1. The quantitative estimate of drug-likeness (QED) is 0.911. The van der Waals surface area contributed by atoms with E-state index in [1.54, 1.807) is 23.1 Å². The fraction of sp³-hybridized carbons (Fsp3) is 0.462. The highest BCUT2D eigenvalue weighted by Gasteiger charge is 2.29. The van der Waals surface area contributed by atoms with Gasteiger partial charge >= 0.3 is 0 Å². The molecule has 1 aromatic carbocycles. The molecule has 6 heteroatoms. The van der Waals surface area contributed by atoms with Crippen LogP contribution >= 0.6 is 23.2 Å². The van der Waals surface area contributed by atoms with Crippen LogP contribution in [0.4, 0.5) is 0 Å². The van der Waals surface area contributed by atoms with Crippen molar-refractivity contribution < 1.29 is 14.6 Å². The number of carbonyl (C=O) groups excluding carboxylic acids is 1. The molecule has 0 spiro atoms. The van der Waals surface area contributed by atoms with Gasteiger partial charge in [0.1, 0.15) is 0 Å². The third-order valence-electron chi connectivity index (χ3n) is 2.98. The van der Waals surface area contributed by atoms with Crippen molar-refractivity contribution in [1.29, 1.82) is 0 Å². The molecule has 1 N–H and O–H groups in total. The molecular weight excluding hydrogens is 289 g/mol. The maximum absolute atomic E-state index is 12.4. The smallest absolute Gasteiger partial charge is 0.255 e. The topological polar surface area (TPSA) is 49.8 Å². The average Bonchev–Trinajstić information content (AvgIpc) is 2.40. The van der Waals surface area contributed by atoms with E-state index in [1.807, 2.05) is 6.92 Å². The summed E-state index contributed by atoms with van der Waals surface area (Å²) in [6.45, 7) is 2.57. The summed E-state index contributed by atoms with van der Waals surface area (Å²) in [6.07, 6.45) is -0.474. The van der Waals surface area contributed by atoms with Gasteiger partial charge in [-0.15, -0.1) is 0 Å². The van der Waals surface area contributed by atoms with Crippen molar-refractivity contribution >= 4 is 29.1 Å². The molecule has 2 atom stereocenters. The molecule has 19 heavy (non-hydrogen) atoms. The van der Waals surface area contributed by atoms with Crippen molar-refractivity contribution in [2.45, 2.75) is 19.1 Å². The molecule has 1 heterocycles. The zero-order chi connectivity index (χ0) is 14.0. The normalized spacial score (nSPS) is 23.5. The van der Waals surface area contributed by atoms with E-state index in [9.17, 15) is 4.79 Å². The lowest BCUT2D eigenvalue weighted by atomic mass is 10.1. The van der Waals surface area contributed by atoms with Crippen LogP contribution in [0.15, 0.2) is 18.2 Å². The number of halogens is 2. The molecule has 1 amide bonds. The van der Waals surface area contributed by atoms with Gasteiger partial charge in [-0.2, -0.15) is 0 Å². The molecule has 1 aliphatic heterocycles. The van der Waals surface area contributed by atoms with Gasteiger partial charge in [-0.1, -0.05) is 23.2 Å². The minimum Gasteiger partial charge on any atom is -0.394 e. The van der Waals surface area contributed by atoms with E-state index in [4.69, 9.17) is 33.0 Å². The SMILES string of the molecule is CC1CN(C(=O)c2cc(Cl)ccc2Cl)CC(CO)O1. The predicted octanol–water partition coefficient (Wildman–Crippen LogP) is 2.22. The predicted molar refractivity (Wildman–Crippen MR) is 73.8 cm³/mol. The van der Waals surface area contributed by atoms with Gasteiger partial charge in [-0.25, -0.2) is 0 Å². The number of rotatable bonds is 2. The van der Waals surface area contributed by atoms with Crippen molar-refractivity contribution in [2.75, 3.05) is 19.7 Å². The Morgan fingerprint density at radius 3 is 2.89 bits per heavy atom. The molecular formula is C13H15Cl2NO3. The second kappa shape index (κ2) is 6.09. The van der Waals surface area contributed by atoms with E-state index in [1.165, 1.54) is 0 Å². The Morgan fingerprint density at radius 1 is 1.47 bits per heavy atom. The maximum atomic E-state index is 12.4. The third kappa shape index (κ3) is 3.39. The van der Waals surface area contributed by atoms with Gasteiger partial charge in [0.15, 0.2) is 0 Å². The number of ether oxygens (including phenoxy) is 1. The van der Waals surface area contributed by atoms with Crippen LogP contribution in [-0.2, 0) is 4.74 Å². The molecule has 0 radical (unpaired) electrons. The number of hydrogen-bond donors (Lipinski definition) is 1. The van der Waals surface area contributed by atoms with Crippen molar-refractivity contribution in [1.82, 2.24) is 4.90 Å². The second-order valence-electron chi connectivity index (χ2n) is 4.59. The monoisotopic (exact) mass is 303 g/mol. The first kappa shape index (κ1) is 14.6. The van der Waals surface area contributed by atoms with Crippen LogP contribution in [0.5, 0.6) is 0 Å². The van der Waals surface area contributed by atoms with Gasteiger partial charge in [0, 0.05) is 18.1 Å². The van der Waals surface area contributed by atoms with E-state index in [2.05, 4.69) is 0 Å². The number of benzene rings is 1. The Morgan fingerprint density at radius 2 is 2.21 bits per heavy atom. The van der Waals surface area contributed by atoms with Crippen LogP contribution in [0.2, 0.25) is 10.0 Å². The van der Waals surface area contributed by atoms with Gasteiger partial charge in [-0.3, -0.25) is 4.79 Å². The zero-order valence-electron chi connectivity index (χ0n) is 10.5. The van der Waals surface area contributed by atoms with Gasteiger partial charge in [0.25, 0.3) is 5.91 Å². The van der Waals surface area contributed by atoms with Crippen molar-refractivity contribution in [3.8, 4) is 0 Å². The number of carbonyl (C=O) groups is 1. The van der Waals surface area contributed by atoms with Crippen molar-refractivity contribution in [3.63, 3.8) is 0 Å². The fourth-order valence-corrected chi connectivity index (χ4v) is 2.51. The minimum atomic E-state index is -0.356. The number of aliphatic hydroxyl groups is 1. The maximum Gasteiger partial charge on any atom is 0.255 e. The molecule has 4 nitrogen and oxygen atoms in total. The fourth-order valence-electron chi connectivity index (χ4n) is 2.14. The molecule has 0 aromatic heterocycles. The van der Waals surface area contributed by atoms with Gasteiger partial charge < -0.3 is 14.7 Å². The lowest BCUT2D eigenvalue weighted by Gasteiger charge is -2.36. The summed E-state index contributed by atoms with van der Waals surface area (Å²) in [6, 6.07) is 4.80. The van der Waals surface area contributed by atoms with Crippen molar-refractivity contribution in [3.05, 3.63) is 33.8 Å². The van der Waals surface area contributed by atoms with E-state index in [0.29, 0.717) is 28.7 Å². The first-order valence-corrected chi connectivity index (χ1v) is 6.77. The summed E-state index contributed by atoms with van der Waals surface area (Å²) < 4.78 is 5.50. The van der Waals surface area contributed by atoms with Gasteiger partial charge in [-0.05, 0) is 25.1 Å². The van der Waals surface area contributed by atoms with Gasteiger partial charge in [0.05, 0.1) is 29.4 Å². The highest BCUT2D eigenvalue weighted by Crippen LogP contribution is 2.23. The molecule has 1 aromatic rings. The first-order valence-electron chi connectivity index (χ1n) is 6.02. The highest BCUT2D eigenvalue weighted by molar-refractivity contribution is 6.35. The van der Waals surface area contributed by atoms with E-state index < -0.39 is 0 Å². The molecule has 104 valence electrons. The summed E-state index contributed by atoms with van der Waals surface area (Å²) >= 11 is 11.9. The van der Waals surface area contributed by atoms with Gasteiger partial charge in [0.2, 0.25) is 0 Å². The van der Waals surface area contributed by atoms with E-state index in [-0.39, 0.29) is 24.7 Å². The van der Waals surface area contributed by atoms with Crippen molar-refractivity contribution in [2.24, 2.45) is 0 Å². The Balaban J connectivity index is 2.21. The van der Waals surface area contributed by atoms with E-state index >= 15 is 0 Å². The summed E-state index contributed by atoms with van der Waals surface area (Å²) in [5.41, 5.74) is 0.375. The molecule has 0 bridgehead atoms. The lowest BCUT2D eigenvalue weighted by Crippen LogP contribution is -2.50. The third-order valence-corrected chi connectivity index (χ3v) is 3.54. The number of hydrogen-bond acceptors (Lipinski definition) is 3. The standard InChI is InChI=1S/C13H15Cl2NO3/c1-8-5-16(6-10(7-17)19-8)13(18)11-4-9(14)2-3-12(11)15/h2-4,8,10,17H,5-7H2,1H3. The Labute approximate surface area is 121 Å². The Hall–Kier alpha value is -0.810. The first-order chi connectivity index (χ1) is 9.01. The van der Waals surface area contributed by atoms with Crippen LogP contribution in [-0.4, -0.2) is 47.8 Å².